The zero-order valence-corrected chi connectivity index (χ0v) is 23.1. The number of hydrogen-bond acceptors (Lipinski definition) is 1. The van der Waals surface area contributed by atoms with Crippen LogP contribution in [-0.2, 0) is 31.9 Å². The predicted octanol–water partition coefficient (Wildman–Crippen LogP) is 10.2. The molecule has 4 rings (SSSR count). The second-order valence-corrected chi connectivity index (χ2v) is 10.4. The van der Waals surface area contributed by atoms with Gasteiger partial charge in [0.1, 0.15) is 23.2 Å². The summed E-state index contributed by atoms with van der Waals surface area (Å²) in [5, 5.41) is 1.12. The molecule has 0 heterocycles. The molecule has 41 heavy (non-hydrogen) atoms. The number of unbranched alkanes of at least 4 members (excludes halogenated alkanes) is 4. The Kier molecular flexibility index (Phi) is 10.4. The third-order valence-electron chi connectivity index (χ3n) is 7.34. The molecule has 0 aromatic heterocycles. The number of rotatable bonds is 13. The third-order valence-corrected chi connectivity index (χ3v) is 7.34. The van der Waals surface area contributed by atoms with E-state index >= 15 is 4.39 Å². The monoisotopic (exact) mass is 572 g/mol. The molecule has 0 radical (unpaired) electrons. The molecule has 7 heteroatoms. The number of fused-ring (bicyclic) bond motifs is 1. The van der Waals surface area contributed by atoms with E-state index < -0.39 is 23.4 Å². The van der Waals surface area contributed by atoms with Gasteiger partial charge in [-0.05, 0) is 77.9 Å². The van der Waals surface area contributed by atoms with Crippen LogP contribution in [-0.4, -0.2) is 6.61 Å². The standard InChI is InChI=1S/C34H34F6O/c1-2-3-4-5-6-19-41-28-16-15-25(31(35)22-28)11-7-23-9-17-29-27(20-23)14-13-26(33(29)37)12-8-24-10-18-30(32(36)21-24)34(38,39)40/h9-10,13-18,20-22H,2-8,11-12,19H2,1H3. The van der Waals surface area contributed by atoms with Crippen molar-refractivity contribution in [2.24, 2.45) is 0 Å². The maximum absolute atomic E-state index is 15.2. The summed E-state index contributed by atoms with van der Waals surface area (Å²) in [6.07, 6.45) is 2.36. The summed E-state index contributed by atoms with van der Waals surface area (Å²) in [4.78, 5) is 0. The molecule has 4 aromatic carbocycles. The van der Waals surface area contributed by atoms with Crippen LogP contribution in [0.2, 0.25) is 0 Å². The van der Waals surface area contributed by atoms with Gasteiger partial charge >= 0.3 is 6.18 Å². The van der Waals surface area contributed by atoms with Crippen LogP contribution in [0.5, 0.6) is 5.75 Å². The Balaban J connectivity index is 1.34. The smallest absolute Gasteiger partial charge is 0.419 e. The van der Waals surface area contributed by atoms with E-state index in [0.29, 0.717) is 58.7 Å². The van der Waals surface area contributed by atoms with Gasteiger partial charge in [0.05, 0.1) is 12.2 Å². The molecule has 1 nitrogen and oxygen atoms in total. The Hall–Kier alpha value is -3.48. The summed E-state index contributed by atoms with van der Waals surface area (Å²) in [5.74, 6) is -1.52. The van der Waals surface area contributed by atoms with Crippen LogP contribution in [0.15, 0.2) is 66.7 Å². The number of aryl methyl sites for hydroxylation is 4. The molecule has 0 aliphatic heterocycles. The molecule has 0 saturated carbocycles. The highest BCUT2D eigenvalue weighted by Crippen LogP contribution is 2.32. The summed E-state index contributed by atoms with van der Waals surface area (Å²) in [6.45, 7) is 2.74. The maximum atomic E-state index is 15.2. The Morgan fingerprint density at radius 1 is 0.634 bits per heavy atom. The van der Waals surface area contributed by atoms with Crippen LogP contribution >= 0.6 is 0 Å². The largest absolute Gasteiger partial charge is 0.493 e. The van der Waals surface area contributed by atoms with Gasteiger partial charge < -0.3 is 4.74 Å². The Bertz CT molecular complexity index is 1460. The van der Waals surface area contributed by atoms with E-state index in [0.717, 1.165) is 24.5 Å². The van der Waals surface area contributed by atoms with Crippen LogP contribution in [0.3, 0.4) is 0 Å². The lowest BCUT2D eigenvalue weighted by molar-refractivity contribution is -0.140. The highest BCUT2D eigenvalue weighted by molar-refractivity contribution is 5.84. The second kappa shape index (κ2) is 13.9. The molecule has 0 unspecified atom stereocenters. The van der Waals surface area contributed by atoms with E-state index in [1.165, 1.54) is 31.4 Å². The van der Waals surface area contributed by atoms with Gasteiger partial charge in [-0.3, -0.25) is 0 Å². The summed E-state index contributed by atoms with van der Waals surface area (Å²) in [6, 6.07) is 16.6. The molecule has 0 aliphatic carbocycles. The second-order valence-electron chi connectivity index (χ2n) is 10.4. The van der Waals surface area contributed by atoms with Crippen LogP contribution in [0.4, 0.5) is 26.3 Å². The van der Waals surface area contributed by atoms with Crippen LogP contribution in [0, 0.1) is 17.5 Å². The van der Waals surface area contributed by atoms with Crippen LogP contribution < -0.4 is 4.74 Å². The van der Waals surface area contributed by atoms with Crippen molar-refractivity contribution in [1.82, 2.24) is 0 Å². The van der Waals surface area contributed by atoms with Gasteiger partial charge in [0.15, 0.2) is 0 Å². The van der Waals surface area contributed by atoms with E-state index in [9.17, 15) is 22.0 Å². The predicted molar refractivity (Wildman–Crippen MR) is 151 cm³/mol. The molecule has 0 spiro atoms. The molecule has 0 fully saturated rings. The van der Waals surface area contributed by atoms with Gasteiger partial charge in [0.25, 0.3) is 0 Å². The van der Waals surface area contributed by atoms with E-state index in [1.807, 2.05) is 12.1 Å². The first-order valence-corrected chi connectivity index (χ1v) is 14.1. The average molecular weight is 573 g/mol. The molecular weight excluding hydrogens is 538 g/mol. The highest BCUT2D eigenvalue weighted by atomic mass is 19.4. The lowest BCUT2D eigenvalue weighted by atomic mass is 9.97. The Morgan fingerprint density at radius 2 is 1.32 bits per heavy atom. The van der Waals surface area contributed by atoms with Crippen molar-refractivity contribution >= 4 is 10.8 Å². The minimum absolute atomic E-state index is 0.198. The Labute approximate surface area is 237 Å². The van der Waals surface area contributed by atoms with E-state index in [4.69, 9.17) is 4.74 Å². The van der Waals surface area contributed by atoms with Crippen molar-refractivity contribution in [1.29, 1.82) is 0 Å². The number of ether oxygens (including phenoxy) is 1. The summed E-state index contributed by atoms with van der Waals surface area (Å²) in [7, 11) is 0. The highest BCUT2D eigenvalue weighted by Gasteiger charge is 2.33. The van der Waals surface area contributed by atoms with Gasteiger partial charge in [-0.2, -0.15) is 13.2 Å². The first-order chi connectivity index (χ1) is 19.7. The van der Waals surface area contributed by atoms with Gasteiger partial charge in [0, 0.05) is 11.5 Å². The Morgan fingerprint density at radius 3 is 2.02 bits per heavy atom. The fraction of sp³-hybridized carbons (Fsp3) is 0.353. The first kappa shape index (κ1) is 30.5. The van der Waals surface area contributed by atoms with Crippen molar-refractivity contribution in [2.75, 3.05) is 6.61 Å². The van der Waals surface area contributed by atoms with Crippen LogP contribution in [0.1, 0.15) is 66.8 Å². The molecule has 0 atom stereocenters. The fourth-order valence-corrected chi connectivity index (χ4v) is 4.95. The molecule has 4 aromatic rings. The van der Waals surface area contributed by atoms with Crippen molar-refractivity contribution in [3.05, 3.63) is 112 Å². The number of benzene rings is 4. The summed E-state index contributed by atoms with van der Waals surface area (Å²) >= 11 is 0. The number of hydrogen-bond donors (Lipinski definition) is 0. The summed E-state index contributed by atoms with van der Waals surface area (Å²) < 4.78 is 87.8. The van der Waals surface area contributed by atoms with E-state index in [2.05, 4.69) is 6.92 Å². The maximum Gasteiger partial charge on any atom is 0.419 e. The molecule has 0 amide bonds. The zero-order chi connectivity index (χ0) is 29.4. The number of alkyl halides is 3. The average Bonchev–Trinajstić information content (AvgIpc) is 2.93. The minimum atomic E-state index is -4.76. The SMILES string of the molecule is CCCCCCCOc1ccc(CCc2ccc3c(F)c(CCc4ccc(C(F)(F)F)c(F)c4)ccc3c2)c(F)c1. The molecule has 218 valence electrons. The molecular formula is C34H34F6O. The van der Waals surface area contributed by atoms with Gasteiger partial charge in [-0.15, -0.1) is 0 Å². The van der Waals surface area contributed by atoms with Crippen molar-refractivity contribution in [2.45, 2.75) is 70.9 Å². The van der Waals surface area contributed by atoms with Gasteiger partial charge in [0.2, 0.25) is 0 Å². The zero-order valence-electron chi connectivity index (χ0n) is 23.1. The lowest BCUT2D eigenvalue weighted by Crippen LogP contribution is -2.08. The van der Waals surface area contributed by atoms with Gasteiger partial charge in [-0.25, -0.2) is 13.2 Å². The molecule has 0 bridgehead atoms. The van der Waals surface area contributed by atoms with Crippen molar-refractivity contribution < 1.29 is 31.1 Å². The normalized spacial score (nSPS) is 11.8. The van der Waals surface area contributed by atoms with E-state index in [1.54, 1.807) is 30.3 Å². The number of halogens is 6. The first-order valence-electron chi connectivity index (χ1n) is 14.1. The molecule has 0 N–H and O–H groups in total. The van der Waals surface area contributed by atoms with Crippen LogP contribution in [0.25, 0.3) is 10.8 Å². The van der Waals surface area contributed by atoms with E-state index in [-0.39, 0.29) is 18.7 Å². The van der Waals surface area contributed by atoms with Gasteiger partial charge in [-0.1, -0.05) is 75.1 Å². The van der Waals surface area contributed by atoms with Crippen molar-refractivity contribution in [3.8, 4) is 5.75 Å². The topological polar surface area (TPSA) is 9.23 Å². The minimum Gasteiger partial charge on any atom is -0.493 e. The quantitative estimate of drug-likeness (QED) is 0.114. The molecule has 0 aliphatic rings. The fourth-order valence-electron chi connectivity index (χ4n) is 4.95. The summed E-state index contributed by atoms with van der Waals surface area (Å²) in [5.41, 5.74) is 0.972. The van der Waals surface area contributed by atoms with Crippen molar-refractivity contribution in [3.63, 3.8) is 0 Å². The molecule has 0 saturated heterocycles. The third kappa shape index (κ3) is 8.27. The lowest BCUT2D eigenvalue weighted by Gasteiger charge is -2.11.